The molecule has 0 heterocycles. The quantitative estimate of drug-likeness (QED) is 0.832. The Hall–Kier alpha value is -1.31. The molecule has 0 aromatic heterocycles. The number of carbonyl (C=O) groups excluding carboxylic acids is 1. The van der Waals surface area contributed by atoms with Crippen LogP contribution >= 0.6 is 0 Å². The maximum absolute atomic E-state index is 11.9. The molecule has 0 radical (unpaired) electrons. The van der Waals surface area contributed by atoms with E-state index in [1.165, 1.54) is 16.7 Å². The van der Waals surface area contributed by atoms with E-state index in [0.717, 1.165) is 0 Å². The topological polar surface area (TPSA) is 29.1 Å². The molecule has 0 aliphatic heterocycles. The number of rotatable bonds is 2. The van der Waals surface area contributed by atoms with Crippen LogP contribution in [0, 0.1) is 19.3 Å². The van der Waals surface area contributed by atoms with Gasteiger partial charge in [-0.3, -0.25) is 4.79 Å². The lowest BCUT2D eigenvalue weighted by Gasteiger charge is -2.23. The minimum Gasteiger partial charge on any atom is -0.349 e. The summed E-state index contributed by atoms with van der Waals surface area (Å²) in [5, 5.41) is 3.06. The van der Waals surface area contributed by atoms with E-state index >= 15 is 0 Å². The first-order valence-electron chi connectivity index (χ1n) is 6.10. The smallest absolute Gasteiger partial charge is 0.225 e. The average Bonchev–Trinajstić information content (AvgIpc) is 2.15. The average molecular weight is 233 g/mol. The maximum Gasteiger partial charge on any atom is 0.225 e. The molecule has 94 valence electrons. The van der Waals surface area contributed by atoms with Crippen LogP contribution < -0.4 is 5.32 Å². The van der Waals surface area contributed by atoms with Crippen molar-refractivity contribution in [3.63, 3.8) is 0 Å². The van der Waals surface area contributed by atoms with E-state index in [2.05, 4.69) is 37.4 Å². The van der Waals surface area contributed by atoms with Gasteiger partial charge in [0.05, 0.1) is 6.04 Å². The number of nitrogens with one attached hydrogen (secondary N) is 1. The summed E-state index contributed by atoms with van der Waals surface area (Å²) in [5.74, 6) is 0.0879. The van der Waals surface area contributed by atoms with Crippen molar-refractivity contribution in [2.75, 3.05) is 0 Å². The van der Waals surface area contributed by atoms with E-state index in [0.29, 0.717) is 0 Å². The lowest BCUT2D eigenvalue weighted by atomic mass is 9.94. The second-order valence-electron chi connectivity index (χ2n) is 5.81. The molecule has 1 unspecified atom stereocenters. The van der Waals surface area contributed by atoms with E-state index in [9.17, 15) is 4.79 Å². The molecule has 17 heavy (non-hydrogen) atoms. The summed E-state index contributed by atoms with van der Waals surface area (Å²) >= 11 is 0. The van der Waals surface area contributed by atoms with Gasteiger partial charge in [0.15, 0.2) is 0 Å². The van der Waals surface area contributed by atoms with Crippen molar-refractivity contribution in [1.82, 2.24) is 5.32 Å². The normalized spacial score (nSPS) is 13.3. The van der Waals surface area contributed by atoms with Gasteiger partial charge >= 0.3 is 0 Å². The summed E-state index contributed by atoms with van der Waals surface area (Å²) in [5.41, 5.74) is 3.33. The highest BCUT2D eigenvalue weighted by molar-refractivity contribution is 5.81. The van der Waals surface area contributed by atoms with Gasteiger partial charge in [0, 0.05) is 5.41 Å². The van der Waals surface area contributed by atoms with Crippen molar-refractivity contribution in [2.45, 2.75) is 47.6 Å². The molecule has 0 bridgehead atoms. The van der Waals surface area contributed by atoms with Crippen molar-refractivity contribution < 1.29 is 4.79 Å². The van der Waals surface area contributed by atoms with Crippen LogP contribution in [0.4, 0.5) is 0 Å². The fourth-order valence-electron chi connectivity index (χ4n) is 1.80. The third-order valence-corrected chi connectivity index (χ3v) is 2.92. The predicted octanol–water partition coefficient (Wildman–Crippen LogP) is 3.53. The molecule has 1 N–H and O–H groups in total. The highest BCUT2D eigenvalue weighted by Gasteiger charge is 2.23. The summed E-state index contributed by atoms with van der Waals surface area (Å²) in [7, 11) is 0. The fraction of sp³-hybridized carbons (Fsp3) is 0.533. The van der Waals surface area contributed by atoms with Gasteiger partial charge in [-0.1, -0.05) is 44.5 Å². The Bertz CT molecular complexity index is 415. The fourth-order valence-corrected chi connectivity index (χ4v) is 1.80. The van der Waals surface area contributed by atoms with Crippen LogP contribution in [-0.4, -0.2) is 5.91 Å². The molecule has 2 heteroatoms. The Balaban J connectivity index is 2.84. The minimum absolute atomic E-state index is 0.0577. The molecular weight excluding hydrogens is 210 g/mol. The van der Waals surface area contributed by atoms with Crippen LogP contribution in [0.2, 0.25) is 0 Å². The van der Waals surface area contributed by atoms with Gasteiger partial charge in [0.2, 0.25) is 5.91 Å². The predicted molar refractivity (Wildman–Crippen MR) is 71.9 cm³/mol. The highest BCUT2D eigenvalue weighted by atomic mass is 16.2. The van der Waals surface area contributed by atoms with Gasteiger partial charge in [-0.15, -0.1) is 0 Å². The van der Waals surface area contributed by atoms with Gasteiger partial charge in [0.25, 0.3) is 0 Å². The highest BCUT2D eigenvalue weighted by Crippen LogP contribution is 2.21. The molecule has 0 saturated heterocycles. The zero-order valence-corrected chi connectivity index (χ0v) is 11.7. The van der Waals surface area contributed by atoms with Crippen LogP contribution in [0.5, 0.6) is 0 Å². The third kappa shape index (κ3) is 3.58. The summed E-state index contributed by atoms with van der Waals surface area (Å²) < 4.78 is 0. The molecular formula is C15H23NO. The molecule has 0 saturated carbocycles. The van der Waals surface area contributed by atoms with Crippen LogP contribution in [-0.2, 0) is 4.79 Å². The second-order valence-corrected chi connectivity index (χ2v) is 5.81. The van der Waals surface area contributed by atoms with Crippen molar-refractivity contribution >= 4 is 5.91 Å². The lowest BCUT2D eigenvalue weighted by molar-refractivity contribution is -0.129. The van der Waals surface area contributed by atoms with E-state index in [-0.39, 0.29) is 17.4 Å². The SMILES string of the molecule is Cc1ccc(C(C)NC(=O)C(C)(C)C)c(C)c1. The van der Waals surface area contributed by atoms with Gasteiger partial charge in [-0.25, -0.2) is 0 Å². The number of benzene rings is 1. The van der Waals surface area contributed by atoms with Crippen LogP contribution in [0.15, 0.2) is 18.2 Å². The van der Waals surface area contributed by atoms with Gasteiger partial charge in [-0.2, -0.15) is 0 Å². The molecule has 1 rings (SSSR count). The summed E-state index contributed by atoms with van der Waals surface area (Å²) in [4.78, 5) is 11.9. The lowest BCUT2D eigenvalue weighted by Crippen LogP contribution is -2.36. The van der Waals surface area contributed by atoms with Gasteiger partial charge in [-0.05, 0) is 31.9 Å². The molecule has 1 aromatic rings. The molecule has 0 aliphatic carbocycles. The number of carbonyl (C=O) groups is 1. The summed E-state index contributed by atoms with van der Waals surface area (Å²) in [6.07, 6.45) is 0. The number of hydrogen-bond acceptors (Lipinski definition) is 1. The Labute approximate surface area is 104 Å². The van der Waals surface area contributed by atoms with E-state index in [1.807, 2.05) is 27.7 Å². The molecule has 2 nitrogen and oxygen atoms in total. The zero-order valence-electron chi connectivity index (χ0n) is 11.7. The standard InChI is InChI=1S/C15H23NO/c1-10-7-8-13(11(2)9-10)12(3)16-14(17)15(4,5)6/h7-9,12H,1-6H3,(H,16,17). The first-order valence-corrected chi connectivity index (χ1v) is 6.10. The van der Waals surface area contributed by atoms with Gasteiger partial charge in [0.1, 0.15) is 0 Å². The zero-order chi connectivity index (χ0) is 13.2. The largest absolute Gasteiger partial charge is 0.349 e. The van der Waals surface area contributed by atoms with Crippen molar-refractivity contribution in [2.24, 2.45) is 5.41 Å². The van der Waals surface area contributed by atoms with E-state index in [1.54, 1.807) is 0 Å². The molecule has 1 atom stereocenters. The Morgan fingerprint density at radius 1 is 1.24 bits per heavy atom. The maximum atomic E-state index is 11.9. The number of aryl methyl sites for hydroxylation is 2. The molecule has 1 aromatic carbocycles. The van der Waals surface area contributed by atoms with E-state index in [4.69, 9.17) is 0 Å². The first kappa shape index (κ1) is 13.8. The van der Waals surface area contributed by atoms with Crippen molar-refractivity contribution in [3.05, 3.63) is 34.9 Å². The van der Waals surface area contributed by atoms with E-state index < -0.39 is 0 Å². The van der Waals surface area contributed by atoms with Crippen LogP contribution in [0.25, 0.3) is 0 Å². The summed E-state index contributed by atoms with van der Waals surface area (Å²) in [6, 6.07) is 6.39. The number of amides is 1. The molecule has 0 fully saturated rings. The third-order valence-electron chi connectivity index (χ3n) is 2.92. The van der Waals surface area contributed by atoms with Crippen LogP contribution in [0.1, 0.15) is 50.4 Å². The van der Waals surface area contributed by atoms with Crippen molar-refractivity contribution in [3.8, 4) is 0 Å². The Kier molecular flexibility index (Phi) is 3.97. The number of hydrogen-bond donors (Lipinski definition) is 1. The Morgan fingerprint density at radius 2 is 1.82 bits per heavy atom. The molecule has 0 aliphatic rings. The summed E-state index contributed by atoms with van der Waals surface area (Å²) in [6.45, 7) is 12.0. The minimum atomic E-state index is -0.340. The Morgan fingerprint density at radius 3 is 2.29 bits per heavy atom. The molecule has 1 amide bonds. The monoisotopic (exact) mass is 233 g/mol. The first-order chi connectivity index (χ1) is 7.71. The van der Waals surface area contributed by atoms with Crippen LogP contribution in [0.3, 0.4) is 0 Å². The molecule has 0 spiro atoms. The van der Waals surface area contributed by atoms with Crippen molar-refractivity contribution in [1.29, 1.82) is 0 Å². The van der Waals surface area contributed by atoms with Gasteiger partial charge < -0.3 is 5.32 Å². The second kappa shape index (κ2) is 4.91.